The van der Waals surface area contributed by atoms with Gasteiger partial charge < -0.3 is 10.0 Å². The molecule has 0 radical (unpaired) electrons. The van der Waals surface area contributed by atoms with Gasteiger partial charge >= 0.3 is 0 Å². The van der Waals surface area contributed by atoms with Crippen LogP contribution in [0.4, 0.5) is 0 Å². The van der Waals surface area contributed by atoms with E-state index in [1.54, 1.807) is 18.7 Å². The van der Waals surface area contributed by atoms with Crippen molar-refractivity contribution in [1.82, 2.24) is 4.90 Å². The quantitative estimate of drug-likeness (QED) is 0.919. The van der Waals surface area contributed by atoms with Gasteiger partial charge in [-0.2, -0.15) is 11.3 Å². The van der Waals surface area contributed by atoms with Crippen LogP contribution < -0.4 is 0 Å². The molecule has 112 valence electrons. The summed E-state index contributed by atoms with van der Waals surface area (Å²) in [6, 6.07) is 9.85. The van der Waals surface area contributed by atoms with Gasteiger partial charge in [0.25, 0.3) is 5.91 Å². The van der Waals surface area contributed by atoms with Crippen LogP contribution in [0.2, 0.25) is 0 Å². The first-order chi connectivity index (χ1) is 9.87. The Morgan fingerprint density at radius 1 is 1.24 bits per heavy atom. The summed E-state index contributed by atoms with van der Waals surface area (Å²) in [6.07, 6.45) is 0. The van der Waals surface area contributed by atoms with Gasteiger partial charge in [0.2, 0.25) is 0 Å². The lowest BCUT2D eigenvalue weighted by molar-refractivity contribution is 0.0280. The first kappa shape index (κ1) is 15.7. The second kappa shape index (κ2) is 6.41. The van der Waals surface area contributed by atoms with Crippen molar-refractivity contribution in [3.63, 3.8) is 0 Å². The second-order valence-corrected chi connectivity index (χ2v) is 6.67. The minimum Gasteiger partial charge on any atom is -0.389 e. The Morgan fingerprint density at radius 3 is 2.43 bits per heavy atom. The smallest absolute Gasteiger partial charge is 0.255 e. The highest BCUT2D eigenvalue weighted by Gasteiger charge is 2.24. The molecule has 0 aliphatic heterocycles. The predicted octanol–water partition coefficient (Wildman–Crippen LogP) is 3.47. The number of hydrogen-bond donors (Lipinski definition) is 1. The van der Waals surface area contributed by atoms with E-state index in [9.17, 15) is 9.90 Å². The number of thiophene rings is 1. The lowest BCUT2D eigenvalue weighted by atomic mass is 10.1. The molecule has 0 saturated carbocycles. The number of carbonyl (C=O) groups is 1. The van der Waals surface area contributed by atoms with E-state index in [0.29, 0.717) is 13.1 Å². The fourth-order valence-corrected chi connectivity index (χ4v) is 3.04. The summed E-state index contributed by atoms with van der Waals surface area (Å²) < 4.78 is 0. The summed E-state index contributed by atoms with van der Waals surface area (Å²) in [4.78, 5) is 14.4. The molecule has 0 fully saturated rings. The Labute approximate surface area is 129 Å². The fourth-order valence-electron chi connectivity index (χ4n) is 2.22. The average Bonchev–Trinajstić information content (AvgIpc) is 2.83. The summed E-state index contributed by atoms with van der Waals surface area (Å²) in [5.74, 6) is -0.0280. The molecule has 0 unspecified atom stereocenters. The first-order valence-corrected chi connectivity index (χ1v) is 7.89. The van der Waals surface area contributed by atoms with E-state index in [4.69, 9.17) is 0 Å². The topological polar surface area (TPSA) is 40.5 Å². The summed E-state index contributed by atoms with van der Waals surface area (Å²) in [7, 11) is 0. The summed E-state index contributed by atoms with van der Waals surface area (Å²) >= 11 is 1.53. The number of aliphatic hydroxyl groups is 1. The number of nitrogens with zero attached hydrogens (tertiary/aromatic N) is 1. The van der Waals surface area contributed by atoms with Crippen LogP contribution in [-0.2, 0) is 6.54 Å². The first-order valence-electron chi connectivity index (χ1n) is 6.95. The highest BCUT2D eigenvalue weighted by Crippen LogP contribution is 2.19. The molecule has 4 heteroatoms. The van der Waals surface area contributed by atoms with Crippen LogP contribution in [0, 0.1) is 6.92 Å². The van der Waals surface area contributed by atoms with Crippen LogP contribution in [0.5, 0.6) is 0 Å². The Bertz CT molecular complexity index is 599. The van der Waals surface area contributed by atoms with Crippen LogP contribution in [0.3, 0.4) is 0 Å². The maximum atomic E-state index is 12.7. The molecule has 1 amide bonds. The number of aryl methyl sites for hydroxylation is 1. The SMILES string of the molecule is Cc1cscc1C(=O)N(Cc1ccccc1)CC(C)(C)O. The van der Waals surface area contributed by atoms with Crippen molar-refractivity contribution in [1.29, 1.82) is 0 Å². The highest BCUT2D eigenvalue weighted by atomic mass is 32.1. The van der Waals surface area contributed by atoms with Crippen molar-refractivity contribution >= 4 is 17.2 Å². The van der Waals surface area contributed by atoms with Crippen molar-refractivity contribution < 1.29 is 9.90 Å². The number of carbonyl (C=O) groups excluding carboxylic acids is 1. The van der Waals surface area contributed by atoms with Gasteiger partial charge in [0, 0.05) is 18.5 Å². The average molecular weight is 303 g/mol. The maximum absolute atomic E-state index is 12.7. The molecule has 0 atom stereocenters. The van der Waals surface area contributed by atoms with Gasteiger partial charge in [0.05, 0.1) is 11.2 Å². The highest BCUT2D eigenvalue weighted by molar-refractivity contribution is 7.08. The molecule has 3 nitrogen and oxygen atoms in total. The normalized spacial score (nSPS) is 11.4. The van der Waals surface area contributed by atoms with Crippen LogP contribution in [0.25, 0.3) is 0 Å². The Hall–Kier alpha value is -1.65. The molecule has 0 aliphatic rings. The van der Waals surface area contributed by atoms with E-state index in [0.717, 1.165) is 16.7 Å². The molecule has 0 aliphatic carbocycles. The Morgan fingerprint density at radius 2 is 1.90 bits per heavy atom. The zero-order chi connectivity index (χ0) is 15.5. The van der Waals surface area contributed by atoms with Gasteiger partial charge in [0.1, 0.15) is 0 Å². The Balaban J connectivity index is 2.24. The molecule has 2 aromatic rings. The number of amides is 1. The van der Waals surface area contributed by atoms with Gasteiger partial charge in [0.15, 0.2) is 0 Å². The number of rotatable bonds is 5. The van der Waals surface area contributed by atoms with Gasteiger partial charge in [-0.1, -0.05) is 30.3 Å². The van der Waals surface area contributed by atoms with Crippen molar-refractivity contribution in [2.45, 2.75) is 32.9 Å². The van der Waals surface area contributed by atoms with Crippen molar-refractivity contribution in [2.75, 3.05) is 6.54 Å². The zero-order valence-corrected chi connectivity index (χ0v) is 13.5. The van der Waals surface area contributed by atoms with Crippen LogP contribution >= 0.6 is 11.3 Å². The van der Waals surface area contributed by atoms with Crippen molar-refractivity contribution in [3.8, 4) is 0 Å². The van der Waals surface area contributed by atoms with Gasteiger partial charge in [-0.15, -0.1) is 0 Å². The molecule has 1 aromatic carbocycles. The molecule has 1 N–H and O–H groups in total. The molecule has 1 aromatic heterocycles. The minimum atomic E-state index is -0.922. The van der Waals surface area contributed by atoms with Crippen molar-refractivity contribution in [3.05, 3.63) is 57.8 Å². The van der Waals surface area contributed by atoms with Gasteiger partial charge in [-0.3, -0.25) is 4.79 Å². The third kappa shape index (κ3) is 4.41. The van der Waals surface area contributed by atoms with E-state index in [1.807, 2.05) is 48.0 Å². The molecule has 0 bridgehead atoms. The molecule has 0 spiro atoms. The molecular weight excluding hydrogens is 282 g/mol. The van der Waals surface area contributed by atoms with Crippen LogP contribution in [0.1, 0.15) is 35.3 Å². The lowest BCUT2D eigenvalue weighted by Crippen LogP contribution is -2.41. The third-order valence-corrected chi connectivity index (χ3v) is 4.03. The lowest BCUT2D eigenvalue weighted by Gasteiger charge is -2.29. The van der Waals surface area contributed by atoms with E-state index in [2.05, 4.69) is 0 Å². The minimum absolute atomic E-state index is 0.0280. The van der Waals surface area contributed by atoms with E-state index in [-0.39, 0.29) is 5.91 Å². The molecule has 21 heavy (non-hydrogen) atoms. The van der Waals surface area contributed by atoms with Crippen LogP contribution in [0.15, 0.2) is 41.1 Å². The summed E-state index contributed by atoms with van der Waals surface area (Å²) in [5.41, 5.74) is 1.84. The largest absolute Gasteiger partial charge is 0.389 e. The maximum Gasteiger partial charge on any atom is 0.255 e. The monoisotopic (exact) mass is 303 g/mol. The van der Waals surface area contributed by atoms with Gasteiger partial charge in [-0.05, 0) is 37.3 Å². The molecule has 1 heterocycles. The van der Waals surface area contributed by atoms with E-state index >= 15 is 0 Å². The summed E-state index contributed by atoms with van der Waals surface area (Å²) in [5, 5.41) is 13.9. The predicted molar refractivity (Wildman–Crippen MR) is 86.5 cm³/mol. The molecule has 2 rings (SSSR count). The standard InChI is InChI=1S/C17H21NO2S/c1-13-10-21-11-15(13)16(19)18(12-17(2,3)20)9-14-7-5-4-6-8-14/h4-8,10-11,20H,9,12H2,1-3H3. The number of hydrogen-bond acceptors (Lipinski definition) is 3. The molecular formula is C17H21NO2S. The fraction of sp³-hybridized carbons (Fsp3) is 0.353. The van der Waals surface area contributed by atoms with Crippen molar-refractivity contribution in [2.24, 2.45) is 0 Å². The third-order valence-electron chi connectivity index (χ3n) is 3.17. The molecule has 0 saturated heterocycles. The summed E-state index contributed by atoms with van der Waals surface area (Å²) in [6.45, 7) is 6.18. The second-order valence-electron chi connectivity index (χ2n) is 5.93. The van der Waals surface area contributed by atoms with E-state index < -0.39 is 5.60 Å². The number of benzene rings is 1. The Kier molecular flexibility index (Phi) is 4.80. The zero-order valence-electron chi connectivity index (χ0n) is 12.7. The van der Waals surface area contributed by atoms with E-state index in [1.165, 1.54) is 11.3 Å². The van der Waals surface area contributed by atoms with Crippen LogP contribution in [-0.4, -0.2) is 28.1 Å². The van der Waals surface area contributed by atoms with Gasteiger partial charge in [-0.25, -0.2) is 0 Å².